The van der Waals surface area contributed by atoms with Gasteiger partial charge in [0.15, 0.2) is 9.84 Å². The van der Waals surface area contributed by atoms with Gasteiger partial charge in [0.2, 0.25) is 15.9 Å². The summed E-state index contributed by atoms with van der Waals surface area (Å²) >= 11 is 0. The SMILES string of the molecule is CCN(Cc1ccccc1)C(=O)CN(C1CCS(=O)(=O)C1)S(C)(=O)=O. The quantitative estimate of drug-likeness (QED) is 0.678. The van der Waals surface area contributed by atoms with Crippen molar-refractivity contribution in [3.8, 4) is 0 Å². The van der Waals surface area contributed by atoms with Gasteiger partial charge in [0.25, 0.3) is 0 Å². The maximum Gasteiger partial charge on any atom is 0.238 e. The molecule has 1 aliphatic heterocycles. The summed E-state index contributed by atoms with van der Waals surface area (Å²) in [6.07, 6.45) is 1.24. The topological polar surface area (TPSA) is 91.8 Å². The van der Waals surface area contributed by atoms with E-state index in [0.717, 1.165) is 16.1 Å². The Labute approximate surface area is 149 Å². The zero-order valence-corrected chi connectivity index (χ0v) is 16.1. The second-order valence-corrected chi connectivity index (χ2v) is 10.4. The summed E-state index contributed by atoms with van der Waals surface area (Å²) in [4.78, 5) is 14.2. The summed E-state index contributed by atoms with van der Waals surface area (Å²) in [5.74, 6) is -0.599. The zero-order chi connectivity index (χ0) is 18.7. The first-order valence-corrected chi connectivity index (χ1v) is 11.8. The van der Waals surface area contributed by atoms with Gasteiger partial charge in [-0.15, -0.1) is 0 Å². The van der Waals surface area contributed by atoms with Crippen LogP contribution in [0.3, 0.4) is 0 Å². The zero-order valence-electron chi connectivity index (χ0n) is 14.5. The van der Waals surface area contributed by atoms with Crippen LogP contribution in [0.2, 0.25) is 0 Å². The van der Waals surface area contributed by atoms with E-state index in [0.29, 0.717) is 13.1 Å². The molecule has 1 aromatic rings. The van der Waals surface area contributed by atoms with Crippen LogP contribution >= 0.6 is 0 Å². The molecule has 0 spiro atoms. The lowest BCUT2D eigenvalue weighted by atomic mass is 10.2. The van der Waals surface area contributed by atoms with E-state index in [1.165, 1.54) is 0 Å². The molecule has 0 N–H and O–H groups in total. The van der Waals surface area contributed by atoms with Crippen LogP contribution in [0.5, 0.6) is 0 Å². The molecular weight excluding hydrogens is 364 g/mol. The molecule has 7 nitrogen and oxygen atoms in total. The fourth-order valence-corrected chi connectivity index (χ4v) is 5.82. The first kappa shape index (κ1) is 19.9. The molecule has 1 heterocycles. The van der Waals surface area contributed by atoms with E-state index < -0.39 is 25.9 Å². The Morgan fingerprint density at radius 2 is 1.88 bits per heavy atom. The van der Waals surface area contributed by atoms with Crippen molar-refractivity contribution in [3.63, 3.8) is 0 Å². The van der Waals surface area contributed by atoms with Crippen molar-refractivity contribution in [2.45, 2.75) is 25.9 Å². The van der Waals surface area contributed by atoms with E-state index in [1.54, 1.807) is 4.90 Å². The molecule has 1 saturated heterocycles. The van der Waals surface area contributed by atoms with Crippen LogP contribution in [0.25, 0.3) is 0 Å². The number of nitrogens with zero attached hydrogens (tertiary/aromatic N) is 2. The molecule has 0 aromatic heterocycles. The number of sulfone groups is 1. The van der Waals surface area contributed by atoms with Gasteiger partial charge in [0.05, 0.1) is 24.3 Å². The van der Waals surface area contributed by atoms with E-state index in [9.17, 15) is 21.6 Å². The fourth-order valence-electron chi connectivity index (χ4n) is 2.93. The van der Waals surface area contributed by atoms with E-state index in [2.05, 4.69) is 0 Å². The van der Waals surface area contributed by atoms with Crippen LogP contribution in [0.1, 0.15) is 18.9 Å². The second kappa shape index (κ2) is 7.84. The summed E-state index contributed by atoms with van der Waals surface area (Å²) in [5, 5.41) is 0. The summed E-state index contributed by atoms with van der Waals surface area (Å²) in [6.45, 7) is 2.32. The number of carbonyl (C=O) groups is 1. The largest absolute Gasteiger partial charge is 0.338 e. The van der Waals surface area contributed by atoms with Crippen molar-refractivity contribution in [1.29, 1.82) is 0 Å². The van der Waals surface area contributed by atoms with Crippen LogP contribution in [-0.4, -0.2) is 68.8 Å². The van der Waals surface area contributed by atoms with Crippen molar-refractivity contribution in [3.05, 3.63) is 35.9 Å². The van der Waals surface area contributed by atoms with Crippen molar-refractivity contribution in [2.24, 2.45) is 0 Å². The van der Waals surface area contributed by atoms with Gasteiger partial charge in [-0.1, -0.05) is 30.3 Å². The molecule has 1 atom stereocenters. The first-order valence-electron chi connectivity index (χ1n) is 8.11. The number of hydrogen-bond donors (Lipinski definition) is 0. The van der Waals surface area contributed by atoms with Gasteiger partial charge in [-0.05, 0) is 18.9 Å². The van der Waals surface area contributed by atoms with Gasteiger partial charge in [-0.25, -0.2) is 16.8 Å². The molecule has 0 bridgehead atoms. The first-order chi connectivity index (χ1) is 11.6. The maximum atomic E-state index is 12.6. The molecule has 1 aliphatic rings. The van der Waals surface area contributed by atoms with Crippen molar-refractivity contribution < 1.29 is 21.6 Å². The van der Waals surface area contributed by atoms with Crippen LogP contribution in [0.4, 0.5) is 0 Å². The normalized spacial score (nSPS) is 19.9. The number of hydrogen-bond acceptors (Lipinski definition) is 5. The summed E-state index contributed by atoms with van der Waals surface area (Å²) in [6, 6.07) is 8.76. The van der Waals surface area contributed by atoms with Crippen molar-refractivity contribution >= 4 is 25.8 Å². The molecule has 1 amide bonds. The number of sulfonamides is 1. The maximum absolute atomic E-state index is 12.6. The van der Waals surface area contributed by atoms with E-state index in [-0.39, 0.29) is 30.4 Å². The highest BCUT2D eigenvalue weighted by Crippen LogP contribution is 2.20. The molecule has 0 saturated carbocycles. The van der Waals surface area contributed by atoms with Crippen molar-refractivity contribution in [1.82, 2.24) is 9.21 Å². The second-order valence-electron chi connectivity index (χ2n) is 6.26. The number of amides is 1. The lowest BCUT2D eigenvalue weighted by molar-refractivity contribution is -0.132. The van der Waals surface area contributed by atoms with Gasteiger partial charge in [0, 0.05) is 19.1 Å². The standard InChI is InChI=1S/C16H24N2O5S2/c1-3-17(11-14-7-5-4-6-8-14)16(19)12-18(24(2,20)21)15-9-10-25(22,23)13-15/h4-8,15H,3,9-13H2,1-2H3. The third-order valence-corrected chi connectivity index (χ3v) is 7.31. The summed E-state index contributed by atoms with van der Waals surface area (Å²) in [7, 11) is -6.93. The molecule has 25 heavy (non-hydrogen) atoms. The van der Waals surface area contributed by atoms with Crippen LogP contribution in [0, 0.1) is 0 Å². The predicted molar refractivity (Wildman–Crippen MR) is 96.1 cm³/mol. The predicted octanol–water partition coefficient (Wildman–Crippen LogP) is 0.484. The van der Waals surface area contributed by atoms with Gasteiger partial charge in [-0.2, -0.15) is 4.31 Å². The van der Waals surface area contributed by atoms with Gasteiger partial charge in [0.1, 0.15) is 0 Å². The molecule has 9 heteroatoms. The number of carbonyl (C=O) groups excluding carboxylic acids is 1. The molecule has 0 radical (unpaired) electrons. The minimum absolute atomic E-state index is 0.0423. The Morgan fingerprint density at radius 3 is 2.36 bits per heavy atom. The highest BCUT2D eigenvalue weighted by Gasteiger charge is 2.37. The summed E-state index contributed by atoms with van der Waals surface area (Å²) < 4.78 is 48.6. The smallest absolute Gasteiger partial charge is 0.238 e. The number of rotatable bonds is 7. The molecular formula is C16H24N2O5S2. The van der Waals surface area contributed by atoms with Gasteiger partial charge >= 0.3 is 0 Å². The third kappa shape index (κ3) is 5.52. The van der Waals surface area contributed by atoms with Crippen LogP contribution < -0.4 is 0 Å². The minimum atomic E-state index is -3.69. The average Bonchev–Trinajstić information content (AvgIpc) is 2.89. The average molecular weight is 389 g/mol. The van der Waals surface area contributed by atoms with Gasteiger partial charge in [-0.3, -0.25) is 4.79 Å². The Balaban J connectivity index is 2.13. The Kier molecular flexibility index (Phi) is 6.23. The molecule has 1 unspecified atom stereocenters. The fraction of sp³-hybridized carbons (Fsp3) is 0.562. The Morgan fingerprint density at radius 1 is 1.24 bits per heavy atom. The lowest BCUT2D eigenvalue weighted by Crippen LogP contribution is -2.47. The molecule has 2 rings (SSSR count). The highest BCUT2D eigenvalue weighted by molar-refractivity contribution is 7.92. The highest BCUT2D eigenvalue weighted by atomic mass is 32.2. The number of likely N-dealkylation sites (N-methyl/N-ethyl adjacent to an activating group) is 1. The Bertz CT molecular complexity index is 806. The summed E-state index contributed by atoms with van der Waals surface area (Å²) in [5.41, 5.74) is 0.951. The van der Waals surface area contributed by atoms with Crippen LogP contribution in [-0.2, 0) is 31.2 Å². The van der Waals surface area contributed by atoms with E-state index in [4.69, 9.17) is 0 Å². The monoisotopic (exact) mass is 388 g/mol. The molecule has 1 aromatic carbocycles. The number of benzene rings is 1. The molecule has 0 aliphatic carbocycles. The molecule has 140 valence electrons. The molecule has 1 fully saturated rings. The van der Waals surface area contributed by atoms with Gasteiger partial charge < -0.3 is 4.90 Å². The van der Waals surface area contributed by atoms with Crippen LogP contribution in [0.15, 0.2) is 30.3 Å². The van der Waals surface area contributed by atoms with Crippen molar-refractivity contribution in [2.75, 3.05) is 30.9 Å². The van der Waals surface area contributed by atoms with E-state index in [1.807, 2.05) is 37.3 Å². The van der Waals surface area contributed by atoms with E-state index >= 15 is 0 Å². The third-order valence-electron chi connectivity index (χ3n) is 4.28. The minimum Gasteiger partial charge on any atom is -0.338 e. The lowest BCUT2D eigenvalue weighted by Gasteiger charge is -2.28. The Hall–Kier alpha value is -1.45.